The molecule has 0 aliphatic carbocycles. The normalized spacial score (nSPS) is 17.5. The molecule has 5 atom stereocenters. The van der Waals surface area contributed by atoms with Crippen LogP contribution in [0, 0.1) is 5.92 Å². The Hall–Kier alpha value is -1.23. The molecule has 0 aliphatic rings. The van der Waals surface area contributed by atoms with Crippen molar-refractivity contribution in [1.29, 1.82) is 0 Å². The van der Waals surface area contributed by atoms with Gasteiger partial charge in [0.15, 0.2) is 16.6 Å². The number of benzene rings is 1. The first-order valence-corrected chi connectivity index (χ1v) is 20.1. The lowest BCUT2D eigenvalue weighted by molar-refractivity contribution is -0.0699. The van der Waals surface area contributed by atoms with Gasteiger partial charge in [-0.3, -0.25) is 0 Å². The van der Waals surface area contributed by atoms with Crippen LogP contribution >= 0.6 is 0 Å². The summed E-state index contributed by atoms with van der Waals surface area (Å²) < 4.78 is 25.0. The highest BCUT2D eigenvalue weighted by molar-refractivity contribution is 6.74. The quantitative estimate of drug-likeness (QED) is 0.167. The SMILES string of the molecule is C=CC[C@H](O[Si](C)(C)C(C)(C)C)[C@@H](O)[C@@H](/C=C\[C@@H](C)C(C)O[Si](C)(C)C(C)(C)C)OCc1ccc(OC)cc1. The van der Waals surface area contributed by atoms with Crippen LogP contribution < -0.4 is 4.74 Å². The van der Waals surface area contributed by atoms with Gasteiger partial charge in [0.1, 0.15) is 18.0 Å². The highest BCUT2D eigenvalue weighted by Crippen LogP contribution is 2.39. The first-order chi connectivity index (χ1) is 17.8. The third-order valence-electron chi connectivity index (χ3n) is 8.60. The summed E-state index contributed by atoms with van der Waals surface area (Å²) in [4.78, 5) is 0. The largest absolute Gasteiger partial charge is 0.497 e. The second kappa shape index (κ2) is 14.6. The summed E-state index contributed by atoms with van der Waals surface area (Å²) in [6.45, 7) is 31.0. The van der Waals surface area contributed by atoms with Crippen molar-refractivity contribution in [3.63, 3.8) is 0 Å². The third kappa shape index (κ3) is 10.9. The van der Waals surface area contributed by atoms with Crippen molar-refractivity contribution in [2.45, 2.75) is 129 Å². The molecular weight excluding hydrogens is 521 g/mol. The Labute approximate surface area is 242 Å². The van der Waals surface area contributed by atoms with Crippen molar-refractivity contribution in [3.05, 3.63) is 54.6 Å². The fourth-order valence-corrected chi connectivity index (χ4v) is 6.40. The fraction of sp³-hybridized carbons (Fsp3) is 0.688. The topological polar surface area (TPSA) is 57.2 Å². The van der Waals surface area contributed by atoms with Crippen LogP contribution in [0.25, 0.3) is 0 Å². The summed E-state index contributed by atoms with van der Waals surface area (Å²) in [6.07, 6.45) is 4.72. The Bertz CT molecular complexity index is 897. The van der Waals surface area contributed by atoms with Gasteiger partial charge in [-0.1, -0.05) is 78.8 Å². The molecule has 224 valence electrons. The van der Waals surface area contributed by atoms with Crippen LogP contribution in [-0.2, 0) is 20.2 Å². The highest BCUT2D eigenvalue weighted by Gasteiger charge is 2.42. The summed E-state index contributed by atoms with van der Waals surface area (Å²) in [6, 6.07) is 7.81. The maximum Gasteiger partial charge on any atom is 0.192 e. The molecule has 0 radical (unpaired) electrons. The number of hydrogen-bond donors (Lipinski definition) is 1. The van der Waals surface area contributed by atoms with E-state index in [0.717, 1.165) is 11.3 Å². The Morgan fingerprint density at radius 2 is 1.38 bits per heavy atom. The van der Waals surface area contributed by atoms with E-state index in [-0.39, 0.29) is 22.1 Å². The van der Waals surface area contributed by atoms with E-state index in [2.05, 4.69) is 94.2 Å². The van der Waals surface area contributed by atoms with Gasteiger partial charge in [-0.15, -0.1) is 6.58 Å². The Morgan fingerprint density at radius 3 is 1.85 bits per heavy atom. The molecule has 39 heavy (non-hydrogen) atoms. The minimum atomic E-state index is -2.14. The minimum Gasteiger partial charge on any atom is -0.497 e. The van der Waals surface area contributed by atoms with Crippen molar-refractivity contribution in [2.75, 3.05) is 7.11 Å². The molecule has 0 aromatic heterocycles. The molecule has 0 fully saturated rings. The molecule has 5 nitrogen and oxygen atoms in total. The average Bonchev–Trinajstić information content (AvgIpc) is 2.81. The first-order valence-electron chi connectivity index (χ1n) is 14.3. The third-order valence-corrected chi connectivity index (χ3v) is 17.7. The molecule has 7 heteroatoms. The molecular formula is C32H58O5Si2. The van der Waals surface area contributed by atoms with Crippen LogP contribution in [-0.4, -0.2) is 53.3 Å². The summed E-state index contributed by atoms with van der Waals surface area (Å²) in [7, 11) is -2.38. The van der Waals surface area contributed by atoms with Gasteiger partial charge in [-0.25, -0.2) is 0 Å². The van der Waals surface area contributed by atoms with E-state index in [1.165, 1.54) is 0 Å². The number of ether oxygens (including phenoxy) is 2. The average molecular weight is 579 g/mol. The minimum absolute atomic E-state index is 0.0203. The Morgan fingerprint density at radius 1 is 0.872 bits per heavy atom. The van der Waals surface area contributed by atoms with Crippen LogP contribution in [0.1, 0.15) is 67.4 Å². The lowest BCUT2D eigenvalue weighted by Crippen LogP contribution is -2.49. The maximum atomic E-state index is 11.7. The van der Waals surface area contributed by atoms with Crippen molar-refractivity contribution >= 4 is 16.6 Å². The number of methoxy groups -OCH3 is 1. The molecule has 1 unspecified atom stereocenters. The molecule has 1 aromatic carbocycles. The molecule has 1 aromatic rings. The molecule has 0 heterocycles. The molecule has 1 N–H and O–H groups in total. The lowest BCUT2D eigenvalue weighted by atomic mass is 10.0. The van der Waals surface area contributed by atoms with Crippen LogP contribution in [0.5, 0.6) is 5.75 Å². The van der Waals surface area contributed by atoms with Crippen LogP contribution in [0.2, 0.25) is 36.3 Å². The van der Waals surface area contributed by atoms with Crippen LogP contribution in [0.4, 0.5) is 0 Å². The van der Waals surface area contributed by atoms with Crippen LogP contribution in [0.3, 0.4) is 0 Å². The zero-order valence-corrected chi connectivity index (χ0v) is 29.1. The van der Waals surface area contributed by atoms with Crippen molar-refractivity contribution in [3.8, 4) is 5.75 Å². The van der Waals surface area contributed by atoms with E-state index < -0.39 is 34.9 Å². The fourth-order valence-electron chi connectivity index (χ4n) is 3.56. The molecule has 0 saturated carbocycles. The molecule has 0 saturated heterocycles. The van der Waals surface area contributed by atoms with Crippen molar-refractivity contribution < 1.29 is 23.4 Å². The van der Waals surface area contributed by atoms with E-state index >= 15 is 0 Å². The van der Waals surface area contributed by atoms with Crippen molar-refractivity contribution in [2.24, 2.45) is 5.92 Å². The number of aliphatic hydroxyl groups is 1. The number of rotatable bonds is 15. The standard InChI is InChI=1S/C32H58O5Si2/c1-15-16-29(37-39(13,14)32(7,8)9)30(33)28(35-23-26-18-20-27(34-10)21-19-26)22-17-24(2)25(3)36-38(11,12)31(4,5)6/h15,17-22,24-25,28-30,33H,1,16,23H2,2-14H3/b22-17-/t24-,25?,28-,29+,30+/m1/s1. The van der Waals surface area contributed by atoms with Gasteiger partial charge in [0, 0.05) is 6.10 Å². The molecule has 0 spiro atoms. The summed E-state index contributed by atoms with van der Waals surface area (Å²) in [5, 5.41) is 11.8. The smallest absolute Gasteiger partial charge is 0.192 e. The first kappa shape index (κ1) is 35.8. The van der Waals surface area contributed by atoms with Crippen LogP contribution in [0.15, 0.2) is 49.1 Å². The van der Waals surface area contributed by atoms with Gasteiger partial charge in [-0.2, -0.15) is 0 Å². The summed E-state index contributed by atoms with van der Waals surface area (Å²) >= 11 is 0. The second-order valence-electron chi connectivity index (χ2n) is 13.9. The number of hydrogen-bond acceptors (Lipinski definition) is 5. The Kier molecular flexibility index (Phi) is 13.4. The molecule has 0 amide bonds. The number of aliphatic hydroxyl groups excluding tert-OH is 1. The Balaban J connectivity index is 3.22. The highest BCUT2D eigenvalue weighted by atomic mass is 28.4. The van der Waals surface area contributed by atoms with E-state index in [4.69, 9.17) is 18.3 Å². The van der Waals surface area contributed by atoms with Gasteiger partial charge in [0.05, 0.1) is 19.8 Å². The van der Waals surface area contributed by atoms with E-state index in [9.17, 15) is 5.11 Å². The predicted octanol–water partition coefficient (Wildman–Crippen LogP) is 8.51. The monoisotopic (exact) mass is 578 g/mol. The summed E-state index contributed by atoms with van der Waals surface area (Å²) in [5.74, 6) is 0.950. The zero-order valence-electron chi connectivity index (χ0n) is 27.1. The second-order valence-corrected chi connectivity index (χ2v) is 23.4. The van der Waals surface area contributed by atoms with E-state index in [1.54, 1.807) is 7.11 Å². The van der Waals surface area contributed by atoms with Gasteiger partial charge in [0.2, 0.25) is 0 Å². The maximum absolute atomic E-state index is 11.7. The van der Waals surface area contributed by atoms with E-state index in [1.807, 2.05) is 36.4 Å². The molecule has 1 rings (SSSR count). The van der Waals surface area contributed by atoms with Crippen molar-refractivity contribution in [1.82, 2.24) is 0 Å². The molecule has 0 aliphatic heterocycles. The predicted molar refractivity (Wildman–Crippen MR) is 171 cm³/mol. The summed E-state index contributed by atoms with van der Waals surface area (Å²) in [5.41, 5.74) is 1.01. The van der Waals surface area contributed by atoms with Gasteiger partial charge < -0.3 is 23.4 Å². The van der Waals surface area contributed by atoms with Gasteiger partial charge in [0.25, 0.3) is 0 Å². The molecule has 0 bridgehead atoms. The zero-order chi connectivity index (χ0) is 30.2. The lowest BCUT2D eigenvalue weighted by Gasteiger charge is -2.41. The van der Waals surface area contributed by atoms with E-state index in [0.29, 0.717) is 13.0 Å². The van der Waals surface area contributed by atoms with Gasteiger partial charge >= 0.3 is 0 Å². The van der Waals surface area contributed by atoms with Gasteiger partial charge in [-0.05, 0) is 73.2 Å².